The lowest BCUT2D eigenvalue weighted by atomic mass is 10.5. The summed E-state index contributed by atoms with van der Waals surface area (Å²) in [6.45, 7) is 2.81. The summed E-state index contributed by atoms with van der Waals surface area (Å²) >= 11 is 0. The molecule has 0 aromatic rings. The molecule has 1 atom stereocenters. The van der Waals surface area contributed by atoms with Crippen molar-refractivity contribution in [3.8, 4) is 0 Å². The first kappa shape index (κ1) is 15.3. The summed E-state index contributed by atoms with van der Waals surface area (Å²) in [7, 11) is 6.07. The van der Waals surface area contributed by atoms with Crippen LogP contribution in [-0.4, -0.2) is 59.6 Å². The normalized spacial score (nSPS) is 12.0. The molecule has 0 fully saturated rings. The van der Waals surface area contributed by atoms with Crippen molar-refractivity contribution in [2.45, 2.75) is 12.7 Å². The molecule has 0 aliphatic heterocycles. The molecule has 0 spiro atoms. The Balaban J connectivity index is 3.04. The van der Waals surface area contributed by atoms with E-state index < -0.39 is 0 Å². The predicted molar refractivity (Wildman–Crippen MR) is 65.2 cm³/mol. The summed E-state index contributed by atoms with van der Waals surface area (Å²) in [4.78, 5) is 0. The first-order valence-electron chi connectivity index (χ1n) is 5.31. The summed E-state index contributed by atoms with van der Waals surface area (Å²) in [6, 6.07) is 0. The first-order chi connectivity index (χ1) is 7.35. The van der Waals surface area contributed by atoms with Gasteiger partial charge in [-0.05, 0) is 18.9 Å². The van der Waals surface area contributed by atoms with Crippen molar-refractivity contribution in [3.05, 3.63) is 0 Å². The van der Waals surface area contributed by atoms with Crippen molar-refractivity contribution >= 4 is 8.58 Å². The van der Waals surface area contributed by atoms with Gasteiger partial charge >= 0.3 is 0 Å². The fourth-order valence-corrected chi connectivity index (χ4v) is 2.20. The van der Waals surface area contributed by atoms with E-state index >= 15 is 0 Å². The van der Waals surface area contributed by atoms with Gasteiger partial charge in [0.25, 0.3) is 0 Å². The van der Waals surface area contributed by atoms with E-state index in [0.29, 0.717) is 0 Å². The van der Waals surface area contributed by atoms with Crippen molar-refractivity contribution in [3.63, 3.8) is 0 Å². The predicted octanol–water partition coefficient (Wildman–Crippen LogP) is 0.910. The van der Waals surface area contributed by atoms with Gasteiger partial charge in [0.05, 0.1) is 6.61 Å². The molecule has 0 amide bonds. The zero-order chi connectivity index (χ0) is 11.4. The summed E-state index contributed by atoms with van der Waals surface area (Å²) in [5, 5.41) is 3.32. The lowest BCUT2D eigenvalue weighted by molar-refractivity contribution is -0.102. The molecule has 0 heterocycles. The molecule has 0 rings (SSSR count). The van der Waals surface area contributed by atoms with Gasteiger partial charge in [0.15, 0.2) is 6.29 Å². The Morgan fingerprint density at radius 3 is 2.40 bits per heavy atom. The quantitative estimate of drug-likeness (QED) is 0.329. The molecule has 92 valence electrons. The lowest BCUT2D eigenvalue weighted by Gasteiger charge is -2.12. The zero-order valence-electron chi connectivity index (χ0n) is 10.0. The maximum atomic E-state index is 5.11. The van der Waals surface area contributed by atoms with E-state index in [1.54, 1.807) is 21.3 Å². The Kier molecular flexibility index (Phi) is 12.6. The smallest absolute Gasteiger partial charge is 0.157 e. The third-order valence-electron chi connectivity index (χ3n) is 2.04. The number of hydrogen-bond acceptors (Lipinski definition) is 4. The monoisotopic (exact) mass is 237 g/mol. The molecule has 0 aliphatic rings. The van der Waals surface area contributed by atoms with Crippen LogP contribution in [0.4, 0.5) is 0 Å². The van der Waals surface area contributed by atoms with Gasteiger partial charge in [-0.2, -0.15) is 0 Å². The van der Waals surface area contributed by atoms with Crippen LogP contribution in [0.3, 0.4) is 0 Å². The minimum atomic E-state index is -0.0287. The fraction of sp³-hybridized carbons (Fsp3) is 1.00. The third kappa shape index (κ3) is 10.6. The van der Waals surface area contributed by atoms with Gasteiger partial charge in [-0.1, -0.05) is 0 Å². The SMILES string of the molecule is COCCNCCPCCC(OC)OC. The third-order valence-corrected chi connectivity index (χ3v) is 3.29. The standard InChI is InChI=1S/C10H24NO3P/c1-12-7-5-11-6-9-15-8-4-10(13-2)14-3/h10-11,15H,4-9H2,1-3H3. The number of hydrogen-bond donors (Lipinski definition) is 1. The van der Waals surface area contributed by atoms with Crippen LogP contribution < -0.4 is 5.32 Å². The minimum Gasteiger partial charge on any atom is -0.383 e. The van der Waals surface area contributed by atoms with Gasteiger partial charge in [0.1, 0.15) is 0 Å². The second-order valence-electron chi connectivity index (χ2n) is 3.18. The average Bonchev–Trinajstić information content (AvgIpc) is 2.27. The van der Waals surface area contributed by atoms with Crippen LogP contribution in [0.25, 0.3) is 0 Å². The highest BCUT2D eigenvalue weighted by molar-refractivity contribution is 7.37. The van der Waals surface area contributed by atoms with Crippen molar-refractivity contribution in [2.75, 3.05) is 53.3 Å². The second-order valence-corrected chi connectivity index (χ2v) is 4.68. The van der Waals surface area contributed by atoms with Crippen LogP contribution in [-0.2, 0) is 14.2 Å². The van der Waals surface area contributed by atoms with Crippen LogP contribution in [0.5, 0.6) is 0 Å². The van der Waals surface area contributed by atoms with Crippen LogP contribution >= 0.6 is 8.58 Å². The summed E-state index contributed by atoms with van der Waals surface area (Å²) in [6.07, 6.45) is 3.37. The molecule has 0 aromatic carbocycles. The summed E-state index contributed by atoms with van der Waals surface area (Å²) in [5.74, 6) is 0. The minimum absolute atomic E-state index is 0.0287. The Morgan fingerprint density at radius 2 is 1.80 bits per heavy atom. The molecule has 5 heteroatoms. The number of rotatable bonds is 11. The lowest BCUT2D eigenvalue weighted by Crippen LogP contribution is -2.21. The van der Waals surface area contributed by atoms with E-state index in [9.17, 15) is 0 Å². The highest BCUT2D eigenvalue weighted by atomic mass is 31.1. The van der Waals surface area contributed by atoms with Crippen molar-refractivity contribution in [2.24, 2.45) is 0 Å². The molecule has 0 saturated carbocycles. The van der Waals surface area contributed by atoms with Gasteiger partial charge in [0.2, 0.25) is 0 Å². The molecular formula is C10H24NO3P. The van der Waals surface area contributed by atoms with Crippen LogP contribution in [0, 0.1) is 0 Å². The van der Waals surface area contributed by atoms with Crippen molar-refractivity contribution < 1.29 is 14.2 Å². The topological polar surface area (TPSA) is 39.7 Å². The molecule has 4 nitrogen and oxygen atoms in total. The van der Waals surface area contributed by atoms with Gasteiger partial charge < -0.3 is 19.5 Å². The zero-order valence-corrected chi connectivity index (χ0v) is 11.0. The van der Waals surface area contributed by atoms with Gasteiger partial charge in [-0.25, -0.2) is 0 Å². The van der Waals surface area contributed by atoms with Crippen LogP contribution in [0.15, 0.2) is 0 Å². The molecule has 1 N–H and O–H groups in total. The molecule has 0 radical (unpaired) electrons. The maximum Gasteiger partial charge on any atom is 0.157 e. The van der Waals surface area contributed by atoms with Gasteiger partial charge in [-0.15, -0.1) is 8.58 Å². The number of ether oxygens (including phenoxy) is 3. The summed E-state index contributed by atoms with van der Waals surface area (Å²) < 4.78 is 15.2. The highest BCUT2D eigenvalue weighted by Gasteiger charge is 2.03. The van der Waals surface area contributed by atoms with E-state index in [1.165, 1.54) is 12.3 Å². The van der Waals surface area contributed by atoms with E-state index in [-0.39, 0.29) is 6.29 Å². The Bertz CT molecular complexity index is 123. The van der Waals surface area contributed by atoms with E-state index in [1.807, 2.05) is 0 Å². The molecular weight excluding hydrogens is 213 g/mol. The molecule has 15 heavy (non-hydrogen) atoms. The van der Waals surface area contributed by atoms with Crippen LogP contribution in [0.2, 0.25) is 0 Å². The highest BCUT2D eigenvalue weighted by Crippen LogP contribution is 2.12. The summed E-state index contributed by atoms with van der Waals surface area (Å²) in [5.41, 5.74) is 0. The van der Waals surface area contributed by atoms with Crippen LogP contribution in [0.1, 0.15) is 6.42 Å². The maximum absolute atomic E-state index is 5.11. The fourth-order valence-electron chi connectivity index (χ4n) is 1.15. The Labute approximate surface area is 94.8 Å². The number of methoxy groups -OCH3 is 3. The first-order valence-corrected chi connectivity index (χ1v) is 6.72. The molecule has 0 aliphatic carbocycles. The van der Waals surface area contributed by atoms with Gasteiger partial charge in [-0.3, -0.25) is 0 Å². The largest absolute Gasteiger partial charge is 0.383 e. The Hall–Kier alpha value is 0.270. The Morgan fingerprint density at radius 1 is 1.07 bits per heavy atom. The second kappa shape index (κ2) is 12.3. The van der Waals surface area contributed by atoms with Gasteiger partial charge in [0, 0.05) is 34.3 Å². The molecule has 1 unspecified atom stereocenters. The van der Waals surface area contributed by atoms with E-state index in [2.05, 4.69) is 5.32 Å². The molecule has 0 saturated heterocycles. The van der Waals surface area contributed by atoms with Crippen molar-refractivity contribution in [1.29, 1.82) is 0 Å². The number of nitrogens with one attached hydrogen (secondary N) is 1. The van der Waals surface area contributed by atoms with E-state index in [0.717, 1.165) is 34.7 Å². The molecule has 0 aromatic heterocycles. The van der Waals surface area contributed by atoms with Crippen molar-refractivity contribution in [1.82, 2.24) is 5.32 Å². The average molecular weight is 237 g/mol. The van der Waals surface area contributed by atoms with E-state index in [4.69, 9.17) is 14.2 Å². The molecule has 0 bridgehead atoms.